The van der Waals surface area contributed by atoms with Crippen LogP contribution in [0.5, 0.6) is 0 Å². The Morgan fingerprint density at radius 1 is 0.644 bits per heavy atom. The van der Waals surface area contributed by atoms with Crippen molar-refractivity contribution >= 4 is 0 Å². The minimum atomic E-state index is -1.64. The molecule has 1 saturated heterocycles. The monoisotopic (exact) mass is 628 g/mol. The lowest BCUT2D eigenvalue weighted by atomic mass is 9.57. The maximum atomic E-state index is 11.4. The third-order valence-corrected chi connectivity index (χ3v) is 9.38. The number of aliphatic hydroxyl groups is 5. The van der Waals surface area contributed by atoms with Gasteiger partial charge in [-0.1, -0.05) is 164 Å². The molecule has 0 amide bonds. The number of fused-ring (bicyclic) bond motifs is 1. The Kier molecular flexibility index (Phi) is 17.7. The predicted octanol–water partition coefficient (Wildman–Crippen LogP) is 6.95. The Morgan fingerprint density at radius 3 is 1.53 bits per heavy atom. The van der Waals surface area contributed by atoms with Crippen LogP contribution in [0.15, 0.2) is 60.7 Å². The standard InChI is InChI=1S/C20H22O6.C18H38O/c21-11-14(22)17-20(24)15(12-7-3-1-4-8-12)16(23)18(20)26-19(25-17)13-9-5-2-6-10-13;1-2-3-4-5-6-7-8-9-10-11-12-13-14-15-16-17-18-19/h1-10,14-19,21-24H,11H2;19H,2-18H2,1H3/t14-,15?,16?,17-,18+,19?,20+;/m1./s1. The van der Waals surface area contributed by atoms with E-state index in [1.165, 1.54) is 96.3 Å². The second-order valence-electron chi connectivity index (χ2n) is 12.9. The van der Waals surface area contributed by atoms with Crippen molar-refractivity contribution in [1.82, 2.24) is 0 Å². The fourth-order valence-corrected chi connectivity index (χ4v) is 6.76. The molecule has 7 nitrogen and oxygen atoms in total. The maximum absolute atomic E-state index is 11.4. The lowest BCUT2D eigenvalue weighted by molar-refractivity contribution is -0.403. The molecule has 1 heterocycles. The van der Waals surface area contributed by atoms with E-state index in [0.717, 1.165) is 12.0 Å². The third kappa shape index (κ3) is 11.1. The number of hydrogen-bond donors (Lipinski definition) is 5. The molecule has 1 saturated carbocycles. The first-order valence-electron chi connectivity index (χ1n) is 17.7. The van der Waals surface area contributed by atoms with Gasteiger partial charge < -0.3 is 35.0 Å². The fraction of sp³-hybridized carbons (Fsp3) is 0.684. The minimum Gasteiger partial charge on any atom is -0.396 e. The zero-order valence-electron chi connectivity index (χ0n) is 27.5. The second-order valence-corrected chi connectivity index (χ2v) is 12.9. The van der Waals surface area contributed by atoms with Gasteiger partial charge in [0.1, 0.15) is 23.9 Å². The summed E-state index contributed by atoms with van der Waals surface area (Å²) in [6, 6.07) is 18.2. The molecule has 2 aromatic carbocycles. The van der Waals surface area contributed by atoms with Crippen LogP contribution in [-0.4, -0.2) is 68.8 Å². The van der Waals surface area contributed by atoms with E-state index in [9.17, 15) is 20.4 Å². The van der Waals surface area contributed by atoms with Crippen LogP contribution >= 0.6 is 0 Å². The van der Waals surface area contributed by atoms with Crippen LogP contribution < -0.4 is 0 Å². The highest BCUT2D eigenvalue weighted by molar-refractivity contribution is 5.35. The van der Waals surface area contributed by atoms with Crippen LogP contribution in [0.3, 0.4) is 0 Å². The third-order valence-electron chi connectivity index (χ3n) is 9.38. The number of hydrogen-bond acceptors (Lipinski definition) is 7. The summed E-state index contributed by atoms with van der Waals surface area (Å²) in [6.45, 7) is 2.09. The average molecular weight is 629 g/mol. The fourth-order valence-electron chi connectivity index (χ4n) is 6.76. The Hall–Kier alpha value is -1.84. The van der Waals surface area contributed by atoms with Gasteiger partial charge in [-0.25, -0.2) is 0 Å². The summed E-state index contributed by atoms with van der Waals surface area (Å²) < 4.78 is 11.7. The molecule has 2 aliphatic rings. The van der Waals surface area contributed by atoms with Gasteiger partial charge in [-0.05, 0) is 12.0 Å². The van der Waals surface area contributed by atoms with Crippen molar-refractivity contribution in [3.63, 3.8) is 0 Å². The van der Waals surface area contributed by atoms with Crippen LogP contribution in [0.1, 0.15) is 133 Å². The Balaban J connectivity index is 0.000000261. The van der Waals surface area contributed by atoms with Gasteiger partial charge in [-0.15, -0.1) is 0 Å². The largest absolute Gasteiger partial charge is 0.396 e. The summed E-state index contributed by atoms with van der Waals surface area (Å²) in [5, 5.41) is 50.5. The van der Waals surface area contributed by atoms with E-state index in [0.29, 0.717) is 12.2 Å². The molecular formula is C38H60O7. The summed E-state index contributed by atoms with van der Waals surface area (Å²) in [5.41, 5.74) is -0.215. The molecule has 1 aliphatic carbocycles. The smallest absolute Gasteiger partial charge is 0.185 e. The Labute approximate surface area is 271 Å². The van der Waals surface area contributed by atoms with Crippen LogP contribution in [0, 0.1) is 0 Å². The molecule has 0 spiro atoms. The molecule has 3 unspecified atom stereocenters. The summed E-state index contributed by atoms with van der Waals surface area (Å²) in [7, 11) is 0. The van der Waals surface area contributed by atoms with Crippen LogP contribution in [0.25, 0.3) is 0 Å². The number of benzene rings is 2. The predicted molar refractivity (Wildman–Crippen MR) is 179 cm³/mol. The van der Waals surface area contributed by atoms with E-state index in [1.807, 2.05) is 36.4 Å². The SMILES string of the molecule is CCCCCCCCCCCCCCCCCCO.OC[C@@H](O)[C@H]1OC(c2ccccc2)O[C@H]2C(O)C(c3ccccc3)[C@]12O. The van der Waals surface area contributed by atoms with Gasteiger partial charge in [0.2, 0.25) is 0 Å². The summed E-state index contributed by atoms with van der Waals surface area (Å²) in [6.07, 6.45) is 17.0. The van der Waals surface area contributed by atoms with Crippen molar-refractivity contribution in [2.45, 2.75) is 152 Å². The Bertz CT molecular complexity index is 990. The average Bonchev–Trinajstić information content (AvgIpc) is 3.07. The van der Waals surface area contributed by atoms with E-state index < -0.39 is 48.8 Å². The van der Waals surface area contributed by atoms with Gasteiger partial charge in [0.05, 0.1) is 12.7 Å². The van der Waals surface area contributed by atoms with E-state index in [-0.39, 0.29) is 0 Å². The van der Waals surface area contributed by atoms with Crippen molar-refractivity contribution in [1.29, 1.82) is 0 Å². The maximum Gasteiger partial charge on any atom is 0.185 e. The molecule has 4 rings (SSSR count). The normalized spacial score (nSPS) is 26.3. The van der Waals surface area contributed by atoms with Crippen molar-refractivity contribution in [2.75, 3.05) is 13.2 Å². The summed E-state index contributed by atoms with van der Waals surface area (Å²) >= 11 is 0. The van der Waals surface area contributed by atoms with Crippen molar-refractivity contribution in [3.05, 3.63) is 71.8 Å². The highest BCUT2D eigenvalue weighted by Crippen LogP contribution is 2.55. The molecule has 0 aromatic heterocycles. The first-order valence-corrected chi connectivity index (χ1v) is 17.7. The van der Waals surface area contributed by atoms with Gasteiger partial charge in [0.15, 0.2) is 6.29 Å². The van der Waals surface area contributed by atoms with Gasteiger partial charge in [0.25, 0.3) is 0 Å². The molecular weight excluding hydrogens is 568 g/mol. The number of aliphatic hydroxyl groups excluding tert-OH is 4. The molecule has 7 heteroatoms. The van der Waals surface area contributed by atoms with E-state index in [1.54, 1.807) is 24.3 Å². The van der Waals surface area contributed by atoms with Crippen LogP contribution in [-0.2, 0) is 9.47 Å². The highest BCUT2D eigenvalue weighted by Gasteiger charge is 2.70. The molecule has 7 atom stereocenters. The highest BCUT2D eigenvalue weighted by atomic mass is 16.7. The summed E-state index contributed by atoms with van der Waals surface area (Å²) in [5.74, 6) is -0.684. The molecule has 0 bridgehead atoms. The van der Waals surface area contributed by atoms with Crippen molar-refractivity contribution < 1.29 is 35.0 Å². The number of ether oxygens (including phenoxy) is 2. The molecule has 2 aromatic rings. The molecule has 1 aliphatic heterocycles. The Morgan fingerprint density at radius 2 is 1.09 bits per heavy atom. The first kappa shape index (κ1) is 37.6. The minimum absolute atomic E-state index is 0.373. The van der Waals surface area contributed by atoms with Gasteiger partial charge in [-0.2, -0.15) is 0 Å². The lowest BCUT2D eigenvalue weighted by Crippen LogP contribution is -2.78. The number of unbranched alkanes of at least 4 members (excludes halogenated alkanes) is 15. The summed E-state index contributed by atoms with van der Waals surface area (Å²) in [4.78, 5) is 0. The second kappa shape index (κ2) is 21.1. The van der Waals surface area contributed by atoms with Crippen LogP contribution in [0.4, 0.5) is 0 Å². The van der Waals surface area contributed by atoms with Crippen LogP contribution in [0.2, 0.25) is 0 Å². The van der Waals surface area contributed by atoms with Gasteiger partial charge in [-0.3, -0.25) is 0 Å². The molecule has 0 radical (unpaired) electrons. The molecule has 45 heavy (non-hydrogen) atoms. The topological polar surface area (TPSA) is 120 Å². The van der Waals surface area contributed by atoms with E-state index >= 15 is 0 Å². The molecule has 5 N–H and O–H groups in total. The van der Waals surface area contributed by atoms with E-state index in [4.69, 9.17) is 14.6 Å². The number of rotatable bonds is 20. The van der Waals surface area contributed by atoms with Gasteiger partial charge >= 0.3 is 0 Å². The lowest BCUT2D eigenvalue weighted by Gasteiger charge is -2.62. The molecule has 2 fully saturated rings. The zero-order chi connectivity index (χ0) is 32.3. The van der Waals surface area contributed by atoms with Crippen molar-refractivity contribution in [3.8, 4) is 0 Å². The van der Waals surface area contributed by atoms with Crippen molar-refractivity contribution in [2.24, 2.45) is 0 Å². The quantitative estimate of drug-likeness (QED) is 0.101. The molecule has 254 valence electrons. The van der Waals surface area contributed by atoms with E-state index in [2.05, 4.69) is 6.92 Å². The zero-order valence-corrected chi connectivity index (χ0v) is 27.5. The first-order chi connectivity index (χ1) is 22.0. The van der Waals surface area contributed by atoms with Gasteiger partial charge in [0, 0.05) is 18.1 Å².